The van der Waals surface area contributed by atoms with Crippen molar-refractivity contribution in [3.63, 3.8) is 0 Å². The molecule has 0 radical (unpaired) electrons. The zero-order valence-electron chi connectivity index (χ0n) is 23.8. The van der Waals surface area contributed by atoms with Crippen LogP contribution < -0.4 is 0 Å². The van der Waals surface area contributed by atoms with Gasteiger partial charge in [0.2, 0.25) is 11.8 Å². The van der Waals surface area contributed by atoms with E-state index in [0.29, 0.717) is 38.8 Å². The van der Waals surface area contributed by atoms with Gasteiger partial charge in [0.25, 0.3) is 0 Å². The molecule has 38 heavy (non-hydrogen) atoms. The summed E-state index contributed by atoms with van der Waals surface area (Å²) in [5, 5.41) is 10.4. The Morgan fingerprint density at radius 1 is 1.24 bits per heavy atom. The number of hydrogen-bond acceptors (Lipinski definition) is 6. The predicted molar refractivity (Wildman–Crippen MR) is 146 cm³/mol. The number of allylic oxidation sites excluding steroid dienone is 1. The van der Waals surface area contributed by atoms with Crippen molar-refractivity contribution in [1.29, 1.82) is 0 Å². The van der Waals surface area contributed by atoms with Crippen LogP contribution in [0.3, 0.4) is 0 Å². The molecular formula is C30H48N2O6. The number of esters is 1. The van der Waals surface area contributed by atoms with Gasteiger partial charge in [0.1, 0.15) is 17.6 Å². The van der Waals surface area contributed by atoms with E-state index in [1.165, 1.54) is 0 Å². The lowest BCUT2D eigenvalue weighted by Gasteiger charge is -2.40. The second-order valence-electron chi connectivity index (χ2n) is 11.8. The SMILES string of the molecule is C=CCCCOC(=O)[C@@H]1[C@H]2C(=O)N([C@@H](CO)CC(C)C)C(C(=O)N(CC=C)CCCCC)C23CC[C@@]1(C)O3. The molecule has 1 spiro atoms. The summed E-state index contributed by atoms with van der Waals surface area (Å²) in [5.41, 5.74) is -2.00. The molecule has 2 bridgehead atoms. The summed E-state index contributed by atoms with van der Waals surface area (Å²) in [4.78, 5) is 45.4. The first-order valence-corrected chi connectivity index (χ1v) is 14.4. The summed E-state index contributed by atoms with van der Waals surface area (Å²) >= 11 is 0. The number of carbonyl (C=O) groups excluding carboxylic acids is 3. The second-order valence-corrected chi connectivity index (χ2v) is 11.8. The smallest absolute Gasteiger partial charge is 0.312 e. The Balaban J connectivity index is 2.03. The lowest BCUT2D eigenvalue weighted by Crippen LogP contribution is -2.59. The molecule has 0 aliphatic carbocycles. The molecule has 0 saturated carbocycles. The highest BCUT2D eigenvalue weighted by Crippen LogP contribution is 2.63. The molecule has 3 rings (SSSR count). The number of nitrogens with zero attached hydrogens (tertiary/aromatic N) is 2. The Hall–Kier alpha value is -2.19. The molecule has 3 fully saturated rings. The number of fused-ring (bicyclic) bond motifs is 1. The van der Waals surface area contributed by atoms with Gasteiger partial charge in [-0.2, -0.15) is 0 Å². The van der Waals surface area contributed by atoms with Gasteiger partial charge >= 0.3 is 5.97 Å². The van der Waals surface area contributed by atoms with E-state index in [9.17, 15) is 19.5 Å². The zero-order valence-corrected chi connectivity index (χ0v) is 23.8. The summed E-state index contributed by atoms with van der Waals surface area (Å²) in [6.45, 7) is 16.5. The molecule has 3 saturated heterocycles. The highest BCUT2D eigenvalue weighted by Gasteiger charge is 2.79. The minimum Gasteiger partial charge on any atom is -0.465 e. The molecule has 3 aliphatic rings. The fourth-order valence-electron chi connectivity index (χ4n) is 6.88. The number of hydrogen-bond donors (Lipinski definition) is 1. The molecule has 2 amide bonds. The van der Waals surface area contributed by atoms with E-state index in [4.69, 9.17) is 9.47 Å². The summed E-state index contributed by atoms with van der Waals surface area (Å²) in [6.07, 6.45) is 9.33. The van der Waals surface area contributed by atoms with Crippen molar-refractivity contribution in [2.75, 3.05) is 26.3 Å². The van der Waals surface area contributed by atoms with Gasteiger partial charge in [-0.25, -0.2) is 0 Å². The highest BCUT2D eigenvalue weighted by atomic mass is 16.6. The first-order valence-electron chi connectivity index (χ1n) is 14.4. The van der Waals surface area contributed by atoms with Crippen LogP contribution in [0, 0.1) is 17.8 Å². The lowest BCUT2D eigenvalue weighted by molar-refractivity contribution is -0.162. The van der Waals surface area contributed by atoms with Crippen LogP contribution in [0.25, 0.3) is 0 Å². The molecule has 6 atom stereocenters. The van der Waals surface area contributed by atoms with Crippen molar-refractivity contribution in [1.82, 2.24) is 9.80 Å². The topological polar surface area (TPSA) is 96.4 Å². The highest BCUT2D eigenvalue weighted by molar-refractivity contribution is 5.98. The molecular weight excluding hydrogens is 484 g/mol. The Morgan fingerprint density at radius 3 is 2.58 bits per heavy atom. The number of carbonyl (C=O) groups is 3. The number of unbranched alkanes of at least 4 members (excludes halogenated alkanes) is 3. The average Bonchev–Trinajstić information content (AvgIpc) is 3.45. The normalized spacial score (nSPS) is 30.4. The average molecular weight is 533 g/mol. The van der Waals surface area contributed by atoms with Crippen LogP contribution >= 0.6 is 0 Å². The minimum atomic E-state index is -1.12. The number of amides is 2. The summed E-state index contributed by atoms with van der Waals surface area (Å²) < 4.78 is 12.3. The molecule has 3 aliphatic heterocycles. The van der Waals surface area contributed by atoms with Gasteiger partial charge < -0.3 is 24.4 Å². The Kier molecular flexibility index (Phi) is 10.2. The van der Waals surface area contributed by atoms with Gasteiger partial charge in [0, 0.05) is 13.1 Å². The third-order valence-electron chi connectivity index (χ3n) is 8.54. The maximum atomic E-state index is 14.3. The predicted octanol–water partition coefficient (Wildman–Crippen LogP) is 3.87. The molecule has 214 valence electrons. The van der Waals surface area contributed by atoms with Crippen LogP contribution in [0.5, 0.6) is 0 Å². The maximum absolute atomic E-state index is 14.3. The zero-order chi connectivity index (χ0) is 28.1. The van der Waals surface area contributed by atoms with E-state index in [1.54, 1.807) is 22.0 Å². The van der Waals surface area contributed by atoms with E-state index in [2.05, 4.69) is 20.1 Å². The summed E-state index contributed by atoms with van der Waals surface area (Å²) in [6, 6.07) is -1.45. The van der Waals surface area contributed by atoms with Crippen LogP contribution in [0.15, 0.2) is 25.3 Å². The summed E-state index contributed by atoms with van der Waals surface area (Å²) in [7, 11) is 0. The first-order chi connectivity index (χ1) is 18.1. The van der Waals surface area contributed by atoms with Gasteiger partial charge in [-0.3, -0.25) is 14.4 Å². The monoisotopic (exact) mass is 532 g/mol. The quantitative estimate of drug-likeness (QED) is 0.184. The van der Waals surface area contributed by atoms with E-state index in [1.807, 2.05) is 20.8 Å². The van der Waals surface area contributed by atoms with Crippen molar-refractivity contribution < 1.29 is 29.0 Å². The lowest BCUT2D eigenvalue weighted by atomic mass is 9.66. The van der Waals surface area contributed by atoms with Gasteiger partial charge in [0.15, 0.2) is 0 Å². The fourth-order valence-corrected chi connectivity index (χ4v) is 6.88. The number of rotatable bonds is 16. The van der Waals surface area contributed by atoms with E-state index >= 15 is 0 Å². The van der Waals surface area contributed by atoms with Crippen LogP contribution in [0.1, 0.15) is 79.1 Å². The van der Waals surface area contributed by atoms with Crippen molar-refractivity contribution in [2.24, 2.45) is 17.8 Å². The molecule has 0 aromatic rings. The van der Waals surface area contributed by atoms with Crippen molar-refractivity contribution in [3.05, 3.63) is 25.3 Å². The van der Waals surface area contributed by atoms with Gasteiger partial charge in [0.05, 0.1) is 30.8 Å². The Bertz CT molecular complexity index is 890. The van der Waals surface area contributed by atoms with Crippen molar-refractivity contribution >= 4 is 17.8 Å². The maximum Gasteiger partial charge on any atom is 0.312 e. The van der Waals surface area contributed by atoms with Gasteiger partial charge in [-0.15, -0.1) is 13.2 Å². The Morgan fingerprint density at radius 2 is 1.97 bits per heavy atom. The molecule has 8 nitrogen and oxygen atoms in total. The molecule has 3 heterocycles. The Labute approximate surface area is 228 Å². The van der Waals surface area contributed by atoms with Crippen molar-refractivity contribution in [3.8, 4) is 0 Å². The van der Waals surface area contributed by atoms with Gasteiger partial charge in [-0.05, 0) is 51.4 Å². The second kappa shape index (κ2) is 12.8. The van der Waals surface area contributed by atoms with Gasteiger partial charge in [-0.1, -0.05) is 45.8 Å². The number of likely N-dealkylation sites (tertiary alicyclic amines) is 1. The van der Waals surface area contributed by atoms with Crippen LogP contribution in [-0.2, 0) is 23.9 Å². The number of aliphatic hydroxyl groups excluding tert-OH is 1. The van der Waals surface area contributed by atoms with Crippen LogP contribution in [0.2, 0.25) is 0 Å². The summed E-state index contributed by atoms with van der Waals surface area (Å²) in [5.74, 6) is -2.33. The molecule has 8 heteroatoms. The third-order valence-corrected chi connectivity index (χ3v) is 8.54. The number of ether oxygens (including phenoxy) is 2. The van der Waals surface area contributed by atoms with E-state index in [0.717, 1.165) is 25.7 Å². The number of aliphatic hydroxyl groups is 1. The third kappa shape index (κ3) is 5.57. The molecule has 0 aromatic carbocycles. The van der Waals surface area contributed by atoms with Crippen LogP contribution in [-0.4, -0.2) is 82.3 Å². The fraction of sp³-hybridized carbons (Fsp3) is 0.767. The molecule has 1 N–H and O–H groups in total. The largest absolute Gasteiger partial charge is 0.465 e. The molecule has 0 aromatic heterocycles. The van der Waals surface area contributed by atoms with E-state index < -0.39 is 41.1 Å². The van der Waals surface area contributed by atoms with E-state index in [-0.39, 0.29) is 30.9 Å². The van der Waals surface area contributed by atoms with Crippen LogP contribution in [0.4, 0.5) is 0 Å². The minimum absolute atomic E-state index is 0.191. The standard InChI is InChI=1S/C30H48N2O6/c1-7-10-12-17-31(16-9-3)27(35)25-30-15-14-29(6,38-30)24(28(36)37-18-13-11-8-2)23(30)26(34)32(25)22(20-33)19-21(4)5/h8-9,21-25,33H,2-3,7,10-20H2,1,4-6H3/t22-,23+,24+,25?,29-,30?/m1/s1. The van der Waals surface area contributed by atoms with Crippen molar-refractivity contribution in [2.45, 2.75) is 102 Å². The molecule has 2 unspecified atom stereocenters. The first kappa shape index (κ1) is 30.4.